The van der Waals surface area contributed by atoms with Gasteiger partial charge in [-0.1, -0.05) is 24.1 Å². The van der Waals surface area contributed by atoms with Gasteiger partial charge in [-0.3, -0.25) is 9.59 Å². The molecule has 136 valence electrons. The van der Waals surface area contributed by atoms with Crippen LogP contribution < -0.4 is 10.6 Å². The van der Waals surface area contributed by atoms with Crippen LogP contribution in [0.4, 0.5) is 0 Å². The molecule has 0 saturated heterocycles. The van der Waals surface area contributed by atoms with Gasteiger partial charge in [0, 0.05) is 48.8 Å². The highest BCUT2D eigenvalue weighted by atomic mass is 16.2. The zero-order valence-corrected chi connectivity index (χ0v) is 14.8. The fraction of sp³-hybridized carbons (Fsp3) is 0.190. The third-order valence-corrected chi connectivity index (χ3v) is 3.99. The Balaban J connectivity index is 1.36. The number of benzene rings is 1. The second-order valence-corrected chi connectivity index (χ2v) is 5.96. The molecule has 0 bridgehead atoms. The first-order valence-corrected chi connectivity index (χ1v) is 8.75. The molecule has 6 heteroatoms. The Labute approximate surface area is 157 Å². The highest BCUT2D eigenvalue weighted by Gasteiger charge is 2.05. The van der Waals surface area contributed by atoms with E-state index in [0.717, 1.165) is 22.2 Å². The molecule has 6 nitrogen and oxygen atoms in total. The average Bonchev–Trinajstić information content (AvgIpc) is 3.18. The highest BCUT2D eigenvalue weighted by Crippen LogP contribution is 2.14. The predicted octanol–water partition coefficient (Wildman–Crippen LogP) is 2.13. The van der Waals surface area contributed by atoms with Crippen molar-refractivity contribution < 1.29 is 9.59 Å². The molecule has 27 heavy (non-hydrogen) atoms. The number of hydrogen-bond acceptors (Lipinski definition) is 3. The van der Waals surface area contributed by atoms with E-state index in [-0.39, 0.29) is 11.8 Å². The summed E-state index contributed by atoms with van der Waals surface area (Å²) in [7, 11) is 0. The largest absolute Gasteiger partial charge is 0.352 e. The third kappa shape index (κ3) is 5.44. The number of aromatic nitrogens is 2. The number of H-pyrrole nitrogens is 1. The van der Waals surface area contributed by atoms with Gasteiger partial charge in [0.2, 0.25) is 5.91 Å². The van der Waals surface area contributed by atoms with E-state index in [0.29, 0.717) is 25.9 Å². The molecule has 3 aromatic rings. The normalized spacial score (nSPS) is 10.1. The fourth-order valence-corrected chi connectivity index (χ4v) is 2.60. The number of pyridine rings is 1. The molecule has 0 unspecified atom stereocenters. The maximum Gasteiger partial charge on any atom is 0.296 e. The van der Waals surface area contributed by atoms with Crippen molar-refractivity contribution in [2.45, 2.75) is 19.4 Å². The van der Waals surface area contributed by atoms with Crippen molar-refractivity contribution in [2.75, 3.05) is 6.54 Å². The lowest BCUT2D eigenvalue weighted by Crippen LogP contribution is -2.26. The average molecular weight is 360 g/mol. The van der Waals surface area contributed by atoms with Crippen LogP contribution in [-0.4, -0.2) is 28.3 Å². The summed E-state index contributed by atoms with van der Waals surface area (Å²) in [5.74, 6) is 4.94. The van der Waals surface area contributed by atoms with E-state index in [2.05, 4.69) is 32.4 Å². The number of aromatic amines is 1. The number of carbonyl (C=O) groups is 2. The number of carbonyl (C=O) groups excluding carboxylic acids is 2. The van der Waals surface area contributed by atoms with Gasteiger partial charge in [0.1, 0.15) is 5.65 Å². The van der Waals surface area contributed by atoms with Crippen LogP contribution in [0.3, 0.4) is 0 Å². The Morgan fingerprint density at radius 2 is 1.93 bits per heavy atom. The van der Waals surface area contributed by atoms with Gasteiger partial charge in [0.25, 0.3) is 5.91 Å². The van der Waals surface area contributed by atoms with E-state index in [9.17, 15) is 9.59 Å². The van der Waals surface area contributed by atoms with Crippen molar-refractivity contribution in [3.8, 4) is 11.8 Å². The quantitative estimate of drug-likeness (QED) is 0.465. The minimum atomic E-state index is -0.342. The lowest BCUT2D eigenvalue weighted by atomic mass is 10.2. The van der Waals surface area contributed by atoms with Crippen LogP contribution in [0.1, 0.15) is 24.0 Å². The number of fused-ring (bicyclic) bond motifs is 1. The smallest absolute Gasteiger partial charge is 0.296 e. The van der Waals surface area contributed by atoms with E-state index in [1.54, 1.807) is 6.20 Å². The topological polar surface area (TPSA) is 86.9 Å². The molecule has 2 heterocycles. The Morgan fingerprint density at radius 1 is 1.07 bits per heavy atom. The first-order valence-electron chi connectivity index (χ1n) is 8.75. The van der Waals surface area contributed by atoms with Crippen LogP contribution in [0.15, 0.2) is 54.9 Å². The van der Waals surface area contributed by atoms with Crippen molar-refractivity contribution in [3.63, 3.8) is 0 Å². The molecule has 0 aliphatic heterocycles. The monoisotopic (exact) mass is 360 g/mol. The molecule has 3 rings (SSSR count). The zero-order chi connectivity index (χ0) is 18.9. The SMILES string of the molecule is O=C(C#Cc1ccccc1)NCCCC(=O)NCc1ccnc2[nH]ccc12. The lowest BCUT2D eigenvalue weighted by molar-refractivity contribution is -0.121. The molecule has 0 saturated carbocycles. The highest BCUT2D eigenvalue weighted by molar-refractivity contribution is 5.94. The van der Waals surface area contributed by atoms with Crippen LogP contribution in [0.5, 0.6) is 0 Å². The summed E-state index contributed by atoms with van der Waals surface area (Å²) in [6.07, 6.45) is 4.44. The molecule has 0 aliphatic carbocycles. The van der Waals surface area contributed by atoms with E-state index in [4.69, 9.17) is 0 Å². The van der Waals surface area contributed by atoms with Crippen molar-refractivity contribution in [3.05, 3.63) is 66.0 Å². The number of amides is 2. The number of nitrogens with one attached hydrogen (secondary N) is 3. The summed E-state index contributed by atoms with van der Waals surface area (Å²) in [6.45, 7) is 0.859. The molecule has 0 fully saturated rings. The number of nitrogens with zero attached hydrogens (tertiary/aromatic N) is 1. The lowest BCUT2D eigenvalue weighted by Gasteiger charge is -2.06. The molecule has 0 atom stereocenters. The summed E-state index contributed by atoms with van der Waals surface area (Å²) in [5.41, 5.74) is 2.61. The maximum absolute atomic E-state index is 12.0. The van der Waals surface area contributed by atoms with Crippen LogP contribution in [0.25, 0.3) is 11.0 Å². The van der Waals surface area contributed by atoms with E-state index in [1.807, 2.05) is 48.7 Å². The predicted molar refractivity (Wildman–Crippen MR) is 104 cm³/mol. The fourth-order valence-electron chi connectivity index (χ4n) is 2.60. The minimum absolute atomic E-state index is 0.0554. The van der Waals surface area contributed by atoms with Crippen molar-refractivity contribution in [1.82, 2.24) is 20.6 Å². The Kier molecular flexibility index (Phi) is 6.21. The molecule has 0 radical (unpaired) electrons. The molecular weight excluding hydrogens is 340 g/mol. The van der Waals surface area contributed by atoms with Gasteiger partial charge in [-0.2, -0.15) is 0 Å². The van der Waals surface area contributed by atoms with Crippen LogP contribution in [-0.2, 0) is 16.1 Å². The minimum Gasteiger partial charge on any atom is -0.352 e. The van der Waals surface area contributed by atoms with Crippen molar-refractivity contribution in [1.29, 1.82) is 0 Å². The third-order valence-electron chi connectivity index (χ3n) is 3.99. The van der Waals surface area contributed by atoms with Crippen LogP contribution >= 0.6 is 0 Å². The molecule has 2 aromatic heterocycles. The van der Waals surface area contributed by atoms with Gasteiger partial charge < -0.3 is 15.6 Å². The second kappa shape index (κ2) is 9.20. The molecular formula is C21H20N4O2. The van der Waals surface area contributed by atoms with Crippen LogP contribution in [0, 0.1) is 11.8 Å². The zero-order valence-electron chi connectivity index (χ0n) is 14.8. The van der Waals surface area contributed by atoms with E-state index in [1.165, 1.54) is 0 Å². The molecule has 0 aliphatic rings. The second-order valence-electron chi connectivity index (χ2n) is 5.96. The summed E-state index contributed by atoms with van der Waals surface area (Å²) in [5, 5.41) is 6.59. The van der Waals surface area contributed by atoms with Gasteiger partial charge >= 0.3 is 0 Å². The standard InChI is InChI=1S/C21H20N4O2/c26-19(25-15-17-10-13-23-21-18(17)11-14-24-21)7-4-12-22-20(27)9-8-16-5-2-1-3-6-16/h1-3,5-6,10-11,13-14H,4,7,12,15H2,(H,22,27)(H,23,24)(H,25,26). The molecule has 1 aromatic carbocycles. The summed E-state index contributed by atoms with van der Waals surface area (Å²) < 4.78 is 0. The Hall–Kier alpha value is -3.59. The van der Waals surface area contributed by atoms with E-state index >= 15 is 0 Å². The summed E-state index contributed by atoms with van der Waals surface area (Å²) in [6, 6.07) is 13.1. The Bertz CT molecular complexity index is 983. The van der Waals surface area contributed by atoms with Gasteiger partial charge in [-0.25, -0.2) is 4.98 Å². The number of rotatable bonds is 6. The molecule has 2 amide bonds. The first-order chi connectivity index (χ1) is 13.2. The van der Waals surface area contributed by atoms with Crippen molar-refractivity contribution >= 4 is 22.8 Å². The van der Waals surface area contributed by atoms with Crippen molar-refractivity contribution in [2.24, 2.45) is 0 Å². The first kappa shape index (κ1) is 18.2. The number of hydrogen-bond donors (Lipinski definition) is 3. The van der Waals surface area contributed by atoms with Gasteiger partial charge in [-0.05, 0) is 36.2 Å². The van der Waals surface area contributed by atoms with E-state index < -0.39 is 0 Å². The summed E-state index contributed by atoms with van der Waals surface area (Å²) in [4.78, 5) is 30.9. The van der Waals surface area contributed by atoms with Gasteiger partial charge in [-0.15, -0.1) is 0 Å². The Morgan fingerprint density at radius 3 is 2.78 bits per heavy atom. The van der Waals surface area contributed by atoms with Gasteiger partial charge in [0.15, 0.2) is 0 Å². The molecule has 3 N–H and O–H groups in total. The van der Waals surface area contributed by atoms with Gasteiger partial charge in [0.05, 0.1) is 0 Å². The molecule has 0 spiro atoms. The maximum atomic E-state index is 12.0. The van der Waals surface area contributed by atoms with Crippen LogP contribution in [0.2, 0.25) is 0 Å². The summed E-state index contributed by atoms with van der Waals surface area (Å²) >= 11 is 0.